The van der Waals surface area contributed by atoms with Gasteiger partial charge in [-0.3, -0.25) is 0 Å². The minimum Gasteiger partial charge on any atom is -0.245 e. The van der Waals surface area contributed by atoms with Crippen LogP contribution in [0.3, 0.4) is 0 Å². The van der Waals surface area contributed by atoms with Crippen molar-refractivity contribution in [1.29, 1.82) is 0 Å². The first-order valence-corrected chi connectivity index (χ1v) is 6.38. The van der Waals surface area contributed by atoms with E-state index in [0.717, 1.165) is 10.9 Å². The second-order valence-electron chi connectivity index (χ2n) is 4.20. The van der Waals surface area contributed by atoms with Crippen LogP contribution < -0.4 is 0 Å². The largest absolute Gasteiger partial charge is 0.245 e. The molecule has 96 valence electrons. The van der Waals surface area contributed by atoms with Gasteiger partial charge in [0.2, 0.25) is 0 Å². The normalized spacial score (nSPS) is 10.2. The number of rotatable bonds is 2. The third kappa shape index (κ3) is 2.07. The Bertz CT molecular complexity index is 824. The van der Waals surface area contributed by atoms with E-state index in [2.05, 4.69) is 15.0 Å². The molecule has 0 N–H and O–H groups in total. The number of fused-ring (bicyclic) bond motifs is 1. The standard InChI is InChI=1S/C15H9ClN4/c16-14-11-8-4-5-9-12(11)18-15(19-20-17)13(14)10-6-2-1-3-7-10/h1-9H. The second-order valence-corrected chi connectivity index (χ2v) is 4.57. The molecule has 3 aromatic rings. The molecule has 1 heterocycles. The monoisotopic (exact) mass is 280 g/mol. The molecule has 0 atom stereocenters. The van der Waals surface area contributed by atoms with E-state index in [1.807, 2.05) is 54.6 Å². The summed E-state index contributed by atoms with van der Waals surface area (Å²) in [6, 6.07) is 17.1. The maximum Gasteiger partial charge on any atom is 0.136 e. The summed E-state index contributed by atoms with van der Waals surface area (Å²) in [7, 11) is 0. The number of nitrogens with zero attached hydrogens (tertiary/aromatic N) is 4. The summed E-state index contributed by atoms with van der Waals surface area (Å²) in [5.41, 5.74) is 11.0. The predicted molar refractivity (Wildman–Crippen MR) is 81.0 cm³/mol. The van der Waals surface area contributed by atoms with Gasteiger partial charge in [0.05, 0.1) is 10.5 Å². The molecule has 4 nitrogen and oxygen atoms in total. The second kappa shape index (κ2) is 5.21. The van der Waals surface area contributed by atoms with Gasteiger partial charge in [0, 0.05) is 15.9 Å². The van der Waals surface area contributed by atoms with E-state index in [0.29, 0.717) is 21.9 Å². The zero-order chi connectivity index (χ0) is 13.9. The SMILES string of the molecule is [N-]=[N+]=Nc1nc2ccccc2c(Cl)c1-c1ccccc1. The molecule has 0 aliphatic carbocycles. The van der Waals surface area contributed by atoms with E-state index < -0.39 is 0 Å². The average molecular weight is 281 g/mol. The molecule has 0 amide bonds. The Morgan fingerprint density at radius 3 is 2.45 bits per heavy atom. The number of halogens is 1. The van der Waals surface area contributed by atoms with Crippen LogP contribution >= 0.6 is 11.6 Å². The summed E-state index contributed by atoms with van der Waals surface area (Å²) >= 11 is 6.49. The van der Waals surface area contributed by atoms with Gasteiger partial charge in [0.15, 0.2) is 0 Å². The van der Waals surface area contributed by atoms with E-state index >= 15 is 0 Å². The van der Waals surface area contributed by atoms with E-state index in [1.54, 1.807) is 0 Å². The number of azide groups is 1. The minimum absolute atomic E-state index is 0.294. The first kappa shape index (κ1) is 12.5. The van der Waals surface area contributed by atoms with Gasteiger partial charge in [-0.25, -0.2) is 4.98 Å². The summed E-state index contributed by atoms with van der Waals surface area (Å²) < 4.78 is 0. The maximum absolute atomic E-state index is 8.73. The number of benzene rings is 2. The van der Waals surface area contributed by atoms with E-state index in [4.69, 9.17) is 17.1 Å². The van der Waals surface area contributed by atoms with Crippen LogP contribution in [0.25, 0.3) is 32.5 Å². The zero-order valence-corrected chi connectivity index (χ0v) is 11.1. The van der Waals surface area contributed by atoms with Crippen molar-refractivity contribution < 1.29 is 0 Å². The molecule has 0 spiro atoms. The van der Waals surface area contributed by atoms with E-state index in [-0.39, 0.29) is 0 Å². The fourth-order valence-electron chi connectivity index (χ4n) is 2.13. The molecule has 0 unspecified atom stereocenters. The Morgan fingerprint density at radius 2 is 1.70 bits per heavy atom. The Morgan fingerprint density at radius 1 is 1.00 bits per heavy atom. The van der Waals surface area contributed by atoms with Gasteiger partial charge in [0.1, 0.15) is 5.82 Å². The van der Waals surface area contributed by atoms with Crippen molar-refractivity contribution in [3.05, 3.63) is 70.1 Å². The Hall–Kier alpha value is -2.55. The Kier molecular flexibility index (Phi) is 3.25. The van der Waals surface area contributed by atoms with Crippen molar-refractivity contribution in [3.8, 4) is 11.1 Å². The lowest BCUT2D eigenvalue weighted by Gasteiger charge is -2.10. The molecule has 2 aromatic carbocycles. The maximum atomic E-state index is 8.73. The average Bonchev–Trinajstić information content (AvgIpc) is 2.49. The summed E-state index contributed by atoms with van der Waals surface area (Å²) in [6.45, 7) is 0. The van der Waals surface area contributed by atoms with Crippen LogP contribution in [0, 0.1) is 0 Å². The molecule has 3 rings (SSSR count). The summed E-state index contributed by atoms with van der Waals surface area (Å²) in [4.78, 5) is 7.24. The van der Waals surface area contributed by atoms with Gasteiger partial charge >= 0.3 is 0 Å². The lowest BCUT2D eigenvalue weighted by Crippen LogP contribution is -1.87. The zero-order valence-electron chi connectivity index (χ0n) is 10.4. The lowest BCUT2D eigenvalue weighted by atomic mass is 10.0. The van der Waals surface area contributed by atoms with Crippen LogP contribution in [0.2, 0.25) is 5.02 Å². The van der Waals surface area contributed by atoms with Gasteiger partial charge in [0.25, 0.3) is 0 Å². The predicted octanol–water partition coefficient (Wildman–Crippen LogP) is 5.50. The summed E-state index contributed by atoms with van der Waals surface area (Å²) in [6.07, 6.45) is 0. The molecule has 0 fully saturated rings. The topological polar surface area (TPSA) is 61.7 Å². The molecule has 0 saturated heterocycles. The van der Waals surface area contributed by atoms with Crippen LogP contribution in [0.4, 0.5) is 5.82 Å². The summed E-state index contributed by atoms with van der Waals surface area (Å²) in [5, 5.41) is 5.06. The molecule has 5 heteroatoms. The third-order valence-corrected chi connectivity index (χ3v) is 3.40. The van der Waals surface area contributed by atoms with Gasteiger partial charge in [-0.2, -0.15) is 0 Å². The molecular formula is C15H9ClN4. The quantitative estimate of drug-likeness (QED) is 0.347. The van der Waals surface area contributed by atoms with Crippen LogP contribution in [-0.4, -0.2) is 4.98 Å². The van der Waals surface area contributed by atoms with E-state index in [9.17, 15) is 0 Å². The third-order valence-electron chi connectivity index (χ3n) is 3.01. The molecule has 1 aromatic heterocycles. The lowest BCUT2D eigenvalue weighted by molar-refractivity contribution is 1.31. The van der Waals surface area contributed by atoms with Crippen molar-refractivity contribution >= 4 is 28.3 Å². The van der Waals surface area contributed by atoms with Crippen molar-refractivity contribution in [2.75, 3.05) is 0 Å². The molecule has 20 heavy (non-hydrogen) atoms. The highest BCUT2D eigenvalue weighted by Gasteiger charge is 2.14. The fraction of sp³-hybridized carbons (Fsp3) is 0. The molecular weight excluding hydrogens is 272 g/mol. The van der Waals surface area contributed by atoms with Crippen LogP contribution in [0.15, 0.2) is 59.7 Å². The van der Waals surface area contributed by atoms with E-state index in [1.165, 1.54) is 0 Å². The van der Waals surface area contributed by atoms with Crippen molar-refractivity contribution in [1.82, 2.24) is 4.98 Å². The molecule has 0 bridgehead atoms. The molecule has 0 saturated carbocycles. The number of aromatic nitrogens is 1. The Balaban J connectivity index is 2.42. The van der Waals surface area contributed by atoms with Crippen LogP contribution in [0.5, 0.6) is 0 Å². The van der Waals surface area contributed by atoms with Crippen molar-refractivity contribution in [2.45, 2.75) is 0 Å². The smallest absolute Gasteiger partial charge is 0.136 e. The molecule has 0 aliphatic heterocycles. The van der Waals surface area contributed by atoms with Crippen molar-refractivity contribution in [3.63, 3.8) is 0 Å². The van der Waals surface area contributed by atoms with Crippen LogP contribution in [-0.2, 0) is 0 Å². The summed E-state index contributed by atoms with van der Waals surface area (Å²) in [5.74, 6) is 0.294. The van der Waals surface area contributed by atoms with Gasteiger partial charge in [-0.05, 0) is 22.3 Å². The minimum atomic E-state index is 0.294. The van der Waals surface area contributed by atoms with Crippen molar-refractivity contribution in [2.24, 2.45) is 5.11 Å². The number of para-hydroxylation sites is 1. The number of hydrogen-bond acceptors (Lipinski definition) is 2. The first-order valence-electron chi connectivity index (χ1n) is 6.00. The molecule has 0 aliphatic rings. The molecule has 0 radical (unpaired) electrons. The highest BCUT2D eigenvalue weighted by molar-refractivity contribution is 6.38. The van der Waals surface area contributed by atoms with Gasteiger partial charge in [-0.15, -0.1) is 0 Å². The highest BCUT2D eigenvalue weighted by atomic mass is 35.5. The highest BCUT2D eigenvalue weighted by Crippen LogP contribution is 2.39. The number of pyridine rings is 1. The van der Waals surface area contributed by atoms with Crippen LogP contribution in [0.1, 0.15) is 0 Å². The van der Waals surface area contributed by atoms with Gasteiger partial charge in [-0.1, -0.05) is 60.1 Å². The fourth-order valence-corrected chi connectivity index (χ4v) is 2.49. The first-order chi connectivity index (χ1) is 9.81. The Labute approximate surface area is 120 Å². The number of hydrogen-bond donors (Lipinski definition) is 0. The van der Waals surface area contributed by atoms with Gasteiger partial charge < -0.3 is 0 Å².